The zero-order valence-electron chi connectivity index (χ0n) is 15.5. The molecule has 1 atom stereocenters. The van der Waals surface area contributed by atoms with Crippen molar-refractivity contribution in [3.8, 4) is 5.75 Å². The summed E-state index contributed by atoms with van der Waals surface area (Å²) in [5.41, 5.74) is 5.39. The lowest BCUT2D eigenvalue weighted by Crippen LogP contribution is -2.30. The van der Waals surface area contributed by atoms with E-state index in [2.05, 4.69) is 31.0 Å². The second kappa shape index (κ2) is 6.52. The molecule has 2 heterocycles. The molecule has 1 N–H and O–H groups in total. The lowest BCUT2D eigenvalue weighted by molar-refractivity contribution is 0.0736. The number of methoxy groups -OCH3 is 1. The van der Waals surface area contributed by atoms with E-state index in [1.165, 1.54) is 11.1 Å². The van der Waals surface area contributed by atoms with Gasteiger partial charge in [-0.3, -0.25) is 4.79 Å². The normalized spacial score (nSPS) is 17.0. The summed E-state index contributed by atoms with van der Waals surface area (Å²) in [7, 11) is 1.67. The summed E-state index contributed by atoms with van der Waals surface area (Å²) in [5, 5.41) is 1.13. The van der Waals surface area contributed by atoms with Crippen molar-refractivity contribution in [3.05, 3.63) is 64.8 Å². The van der Waals surface area contributed by atoms with E-state index in [-0.39, 0.29) is 11.9 Å². The van der Waals surface area contributed by atoms with Crippen LogP contribution in [0.5, 0.6) is 5.75 Å². The van der Waals surface area contributed by atoms with Gasteiger partial charge in [0.2, 0.25) is 0 Å². The van der Waals surface area contributed by atoms with E-state index in [1.807, 2.05) is 35.2 Å². The van der Waals surface area contributed by atoms with Gasteiger partial charge >= 0.3 is 0 Å². The van der Waals surface area contributed by atoms with Crippen molar-refractivity contribution in [2.75, 3.05) is 13.7 Å². The number of amides is 1. The molecule has 1 saturated heterocycles. The Morgan fingerprint density at radius 1 is 1.15 bits per heavy atom. The quantitative estimate of drug-likeness (QED) is 0.741. The average Bonchev–Trinajstić information content (AvgIpc) is 3.26. The SMILES string of the molecule is COc1ccc(C2CCCN2C(=O)c2ccc3[nH]c(C)c(C)c3c2)cc1. The van der Waals surface area contributed by atoms with E-state index in [0.29, 0.717) is 0 Å². The Hall–Kier alpha value is -2.75. The smallest absolute Gasteiger partial charge is 0.254 e. The van der Waals surface area contributed by atoms with Crippen LogP contribution in [0.15, 0.2) is 42.5 Å². The first-order valence-corrected chi connectivity index (χ1v) is 9.12. The molecule has 1 aliphatic rings. The molecule has 3 aromatic rings. The molecule has 26 heavy (non-hydrogen) atoms. The Balaban J connectivity index is 1.64. The number of aryl methyl sites for hydroxylation is 2. The summed E-state index contributed by atoms with van der Waals surface area (Å²) < 4.78 is 5.25. The number of carbonyl (C=O) groups is 1. The number of carbonyl (C=O) groups excluding carboxylic acids is 1. The maximum absolute atomic E-state index is 13.2. The number of nitrogens with one attached hydrogen (secondary N) is 1. The second-order valence-corrected chi connectivity index (χ2v) is 7.07. The van der Waals surface area contributed by atoms with Gasteiger partial charge in [-0.15, -0.1) is 0 Å². The number of ether oxygens (including phenoxy) is 1. The van der Waals surface area contributed by atoms with Crippen molar-refractivity contribution >= 4 is 16.8 Å². The Bertz CT molecular complexity index is 956. The van der Waals surface area contributed by atoms with Crippen LogP contribution in [0.1, 0.15) is 46.1 Å². The highest BCUT2D eigenvalue weighted by Crippen LogP contribution is 2.34. The molecule has 0 aliphatic carbocycles. The summed E-state index contributed by atoms with van der Waals surface area (Å²) in [6.07, 6.45) is 2.04. The highest BCUT2D eigenvalue weighted by Gasteiger charge is 2.30. The number of aromatic amines is 1. The standard InChI is InChI=1S/C22H24N2O2/c1-14-15(2)23-20-11-8-17(13-19(14)20)22(25)24-12-4-5-21(24)16-6-9-18(26-3)10-7-16/h6-11,13,21,23H,4-5,12H2,1-3H3. The van der Waals surface area contributed by atoms with Crippen molar-refractivity contribution < 1.29 is 9.53 Å². The average molecular weight is 348 g/mol. The van der Waals surface area contributed by atoms with Gasteiger partial charge in [-0.2, -0.15) is 0 Å². The number of H-pyrrole nitrogens is 1. The fourth-order valence-corrected chi connectivity index (χ4v) is 3.94. The number of aromatic nitrogens is 1. The number of benzene rings is 2. The van der Waals surface area contributed by atoms with E-state index in [4.69, 9.17) is 4.74 Å². The lowest BCUT2D eigenvalue weighted by atomic mass is 10.0. The van der Waals surface area contributed by atoms with E-state index in [9.17, 15) is 4.79 Å². The van der Waals surface area contributed by atoms with Crippen molar-refractivity contribution in [1.29, 1.82) is 0 Å². The molecule has 1 unspecified atom stereocenters. The van der Waals surface area contributed by atoms with Crippen LogP contribution < -0.4 is 4.74 Å². The zero-order chi connectivity index (χ0) is 18.3. The molecule has 0 spiro atoms. The summed E-state index contributed by atoms with van der Waals surface area (Å²) in [4.78, 5) is 18.6. The molecule has 1 aliphatic heterocycles. The highest BCUT2D eigenvalue weighted by molar-refractivity contribution is 5.99. The van der Waals surface area contributed by atoms with Crippen LogP contribution in [-0.4, -0.2) is 29.4 Å². The maximum Gasteiger partial charge on any atom is 0.254 e. The first-order valence-electron chi connectivity index (χ1n) is 9.12. The van der Waals surface area contributed by atoms with Gasteiger partial charge in [0.15, 0.2) is 0 Å². The first kappa shape index (κ1) is 16.7. The number of likely N-dealkylation sites (tertiary alicyclic amines) is 1. The Kier molecular flexibility index (Phi) is 4.19. The third-order valence-electron chi connectivity index (χ3n) is 5.57. The summed E-state index contributed by atoms with van der Waals surface area (Å²) >= 11 is 0. The monoisotopic (exact) mass is 348 g/mol. The van der Waals surface area contributed by atoms with Crippen molar-refractivity contribution in [2.45, 2.75) is 32.7 Å². The summed E-state index contributed by atoms with van der Waals surface area (Å²) in [5.74, 6) is 0.955. The van der Waals surface area contributed by atoms with E-state index in [1.54, 1.807) is 7.11 Å². The molecule has 2 aromatic carbocycles. The minimum Gasteiger partial charge on any atom is -0.497 e. The fourth-order valence-electron chi connectivity index (χ4n) is 3.94. The third kappa shape index (κ3) is 2.75. The largest absolute Gasteiger partial charge is 0.497 e. The van der Waals surface area contributed by atoms with E-state index in [0.717, 1.165) is 47.3 Å². The Morgan fingerprint density at radius 2 is 1.92 bits per heavy atom. The van der Waals surface area contributed by atoms with Gasteiger partial charge in [0.05, 0.1) is 13.2 Å². The molecule has 1 amide bonds. The van der Waals surface area contributed by atoms with Crippen LogP contribution in [0.3, 0.4) is 0 Å². The van der Waals surface area contributed by atoms with Crippen LogP contribution >= 0.6 is 0 Å². The highest BCUT2D eigenvalue weighted by atomic mass is 16.5. The fraction of sp³-hybridized carbons (Fsp3) is 0.318. The number of hydrogen-bond acceptors (Lipinski definition) is 2. The van der Waals surface area contributed by atoms with Crippen LogP contribution in [0.4, 0.5) is 0 Å². The van der Waals surface area contributed by atoms with Gasteiger partial charge in [0, 0.05) is 28.7 Å². The summed E-state index contributed by atoms with van der Waals surface area (Å²) in [6.45, 7) is 4.97. The van der Waals surface area contributed by atoms with Gasteiger partial charge in [0.25, 0.3) is 5.91 Å². The molecule has 4 rings (SSSR count). The number of rotatable bonds is 3. The van der Waals surface area contributed by atoms with Gasteiger partial charge < -0.3 is 14.6 Å². The minimum atomic E-state index is 0.114. The number of fused-ring (bicyclic) bond motifs is 1. The van der Waals surface area contributed by atoms with Crippen LogP contribution in [0.25, 0.3) is 10.9 Å². The molecule has 4 nitrogen and oxygen atoms in total. The molecule has 0 bridgehead atoms. The third-order valence-corrected chi connectivity index (χ3v) is 5.57. The Labute approximate surface area is 153 Å². The van der Waals surface area contributed by atoms with Crippen molar-refractivity contribution in [2.24, 2.45) is 0 Å². The van der Waals surface area contributed by atoms with Crippen molar-refractivity contribution in [1.82, 2.24) is 9.88 Å². The van der Waals surface area contributed by atoms with Crippen LogP contribution in [0.2, 0.25) is 0 Å². The molecule has 1 aromatic heterocycles. The van der Waals surface area contributed by atoms with E-state index < -0.39 is 0 Å². The Morgan fingerprint density at radius 3 is 2.65 bits per heavy atom. The van der Waals surface area contributed by atoms with Crippen LogP contribution in [-0.2, 0) is 0 Å². The van der Waals surface area contributed by atoms with Crippen LogP contribution in [0, 0.1) is 13.8 Å². The first-order chi connectivity index (χ1) is 12.6. The minimum absolute atomic E-state index is 0.114. The topological polar surface area (TPSA) is 45.3 Å². The molecule has 134 valence electrons. The van der Waals surface area contributed by atoms with Gasteiger partial charge in [0.1, 0.15) is 5.75 Å². The lowest BCUT2D eigenvalue weighted by Gasteiger charge is -2.25. The number of nitrogens with zero attached hydrogens (tertiary/aromatic N) is 1. The van der Waals surface area contributed by atoms with E-state index >= 15 is 0 Å². The maximum atomic E-state index is 13.2. The number of hydrogen-bond donors (Lipinski definition) is 1. The molecule has 0 saturated carbocycles. The molecule has 1 fully saturated rings. The van der Waals surface area contributed by atoms with Gasteiger partial charge in [-0.25, -0.2) is 0 Å². The predicted octanol–water partition coefficient (Wildman–Crippen LogP) is 4.77. The molecular formula is C22H24N2O2. The van der Waals surface area contributed by atoms with Crippen molar-refractivity contribution in [3.63, 3.8) is 0 Å². The second-order valence-electron chi connectivity index (χ2n) is 7.07. The molecule has 4 heteroatoms. The predicted molar refractivity (Wildman–Crippen MR) is 104 cm³/mol. The zero-order valence-corrected chi connectivity index (χ0v) is 15.5. The molecule has 0 radical (unpaired) electrons. The van der Waals surface area contributed by atoms with Gasteiger partial charge in [-0.1, -0.05) is 12.1 Å². The molecular weight excluding hydrogens is 324 g/mol. The summed E-state index contributed by atoms with van der Waals surface area (Å²) in [6, 6.07) is 14.2. The van der Waals surface area contributed by atoms with Gasteiger partial charge in [-0.05, 0) is 68.1 Å².